The van der Waals surface area contributed by atoms with Crippen molar-refractivity contribution in [1.29, 1.82) is 0 Å². The van der Waals surface area contributed by atoms with E-state index in [2.05, 4.69) is 20.7 Å². The third kappa shape index (κ3) is 1.88. The van der Waals surface area contributed by atoms with Crippen molar-refractivity contribution in [3.05, 3.63) is 23.7 Å². The van der Waals surface area contributed by atoms with E-state index in [1.165, 1.54) is 13.4 Å². The van der Waals surface area contributed by atoms with E-state index in [-0.39, 0.29) is 10.8 Å². The Morgan fingerprint density at radius 2 is 2.42 bits per heavy atom. The van der Waals surface area contributed by atoms with Gasteiger partial charge in [-0.3, -0.25) is 0 Å². The first kappa shape index (κ1) is 9.32. The average molecular weight is 233 g/mol. The van der Waals surface area contributed by atoms with Gasteiger partial charge in [-0.25, -0.2) is 4.79 Å². The zero-order valence-electron chi connectivity index (χ0n) is 6.83. The highest BCUT2D eigenvalue weighted by molar-refractivity contribution is 9.09. The second-order valence-corrected chi connectivity index (χ2v) is 3.72. The maximum Gasteiger partial charge on any atom is 0.341 e. The Balaban J connectivity index is 2.84. The van der Waals surface area contributed by atoms with Gasteiger partial charge in [-0.05, 0) is 13.0 Å². The zero-order valence-corrected chi connectivity index (χ0v) is 8.42. The summed E-state index contributed by atoms with van der Waals surface area (Å²) in [6.45, 7) is 1.92. The van der Waals surface area contributed by atoms with E-state index in [9.17, 15) is 4.79 Å². The van der Waals surface area contributed by atoms with Gasteiger partial charge in [0, 0.05) is 0 Å². The molecule has 1 aromatic rings. The van der Waals surface area contributed by atoms with Crippen LogP contribution in [0.2, 0.25) is 0 Å². The van der Waals surface area contributed by atoms with E-state index in [1.54, 1.807) is 6.07 Å². The SMILES string of the molecule is COC(=O)c1coc(C(C)Br)c1. The molecular weight excluding hydrogens is 224 g/mol. The van der Waals surface area contributed by atoms with Gasteiger partial charge >= 0.3 is 5.97 Å². The Morgan fingerprint density at radius 1 is 1.75 bits per heavy atom. The predicted octanol–water partition coefficient (Wildman–Crippen LogP) is 2.52. The number of esters is 1. The molecule has 0 bridgehead atoms. The van der Waals surface area contributed by atoms with Crippen molar-refractivity contribution in [3.63, 3.8) is 0 Å². The average Bonchev–Trinajstić information content (AvgIpc) is 2.51. The van der Waals surface area contributed by atoms with Gasteiger partial charge in [0.1, 0.15) is 12.0 Å². The van der Waals surface area contributed by atoms with E-state index in [1.807, 2.05) is 6.92 Å². The molecule has 0 aliphatic rings. The molecule has 1 aromatic heterocycles. The van der Waals surface area contributed by atoms with Crippen LogP contribution in [0.4, 0.5) is 0 Å². The Hall–Kier alpha value is -0.770. The number of carbonyl (C=O) groups excluding carboxylic acids is 1. The third-order valence-electron chi connectivity index (χ3n) is 1.43. The van der Waals surface area contributed by atoms with Crippen LogP contribution in [0.5, 0.6) is 0 Å². The van der Waals surface area contributed by atoms with E-state index in [4.69, 9.17) is 4.42 Å². The predicted molar refractivity (Wildman–Crippen MR) is 47.4 cm³/mol. The van der Waals surface area contributed by atoms with Crippen molar-refractivity contribution >= 4 is 21.9 Å². The number of alkyl halides is 1. The van der Waals surface area contributed by atoms with Crippen LogP contribution in [0, 0.1) is 0 Å². The van der Waals surface area contributed by atoms with Crippen molar-refractivity contribution in [1.82, 2.24) is 0 Å². The van der Waals surface area contributed by atoms with Crippen LogP contribution in [-0.4, -0.2) is 13.1 Å². The number of methoxy groups -OCH3 is 1. The number of rotatable bonds is 2. The van der Waals surface area contributed by atoms with Gasteiger partial charge in [-0.1, -0.05) is 15.9 Å². The molecule has 12 heavy (non-hydrogen) atoms. The molecule has 0 aliphatic carbocycles. The number of furan rings is 1. The standard InChI is InChI=1S/C8H9BrO3/c1-5(9)7-3-6(4-12-7)8(10)11-2/h3-5H,1-2H3. The van der Waals surface area contributed by atoms with E-state index in [0.29, 0.717) is 5.56 Å². The highest BCUT2D eigenvalue weighted by atomic mass is 79.9. The lowest BCUT2D eigenvalue weighted by Gasteiger charge is -1.93. The van der Waals surface area contributed by atoms with Crippen LogP contribution in [0.15, 0.2) is 16.7 Å². The normalized spacial score (nSPS) is 12.6. The fourth-order valence-electron chi connectivity index (χ4n) is 0.786. The highest BCUT2D eigenvalue weighted by Gasteiger charge is 2.12. The summed E-state index contributed by atoms with van der Waals surface area (Å²) in [7, 11) is 1.34. The lowest BCUT2D eigenvalue weighted by molar-refractivity contribution is 0.0600. The minimum atomic E-state index is -0.377. The van der Waals surface area contributed by atoms with Crippen LogP contribution < -0.4 is 0 Å². The molecule has 0 fully saturated rings. The number of halogens is 1. The summed E-state index contributed by atoms with van der Waals surface area (Å²) in [5.41, 5.74) is 0.443. The molecule has 4 heteroatoms. The smallest absolute Gasteiger partial charge is 0.341 e. The quantitative estimate of drug-likeness (QED) is 0.582. The molecule has 0 aromatic carbocycles. The van der Waals surface area contributed by atoms with E-state index < -0.39 is 0 Å². The molecule has 0 N–H and O–H groups in total. The Kier molecular flexibility index (Phi) is 2.92. The molecule has 66 valence electrons. The summed E-state index contributed by atoms with van der Waals surface area (Å²) in [4.78, 5) is 11.1. The van der Waals surface area contributed by atoms with E-state index in [0.717, 1.165) is 5.76 Å². The number of carbonyl (C=O) groups is 1. The van der Waals surface area contributed by atoms with Gasteiger partial charge in [0.05, 0.1) is 17.5 Å². The van der Waals surface area contributed by atoms with Crippen molar-refractivity contribution < 1.29 is 13.9 Å². The maximum absolute atomic E-state index is 11.0. The largest absolute Gasteiger partial charge is 0.467 e. The van der Waals surface area contributed by atoms with E-state index >= 15 is 0 Å². The van der Waals surface area contributed by atoms with Gasteiger partial charge in [-0.15, -0.1) is 0 Å². The van der Waals surface area contributed by atoms with Crippen molar-refractivity contribution in [3.8, 4) is 0 Å². The maximum atomic E-state index is 11.0. The summed E-state index contributed by atoms with van der Waals surface area (Å²) in [5, 5.41) is 0. The van der Waals surface area contributed by atoms with Crippen LogP contribution >= 0.6 is 15.9 Å². The van der Waals surface area contributed by atoms with Crippen molar-refractivity contribution in [2.45, 2.75) is 11.8 Å². The summed E-state index contributed by atoms with van der Waals surface area (Å²) in [6.07, 6.45) is 1.39. The number of ether oxygens (including phenoxy) is 1. The minimum absolute atomic E-state index is 0.107. The van der Waals surface area contributed by atoms with Crippen LogP contribution in [0.3, 0.4) is 0 Å². The first-order valence-electron chi connectivity index (χ1n) is 3.46. The first-order chi connectivity index (χ1) is 5.65. The highest BCUT2D eigenvalue weighted by Crippen LogP contribution is 2.23. The number of hydrogen-bond donors (Lipinski definition) is 0. The van der Waals surface area contributed by atoms with Crippen LogP contribution in [-0.2, 0) is 4.74 Å². The number of hydrogen-bond acceptors (Lipinski definition) is 3. The zero-order chi connectivity index (χ0) is 9.14. The molecule has 1 atom stereocenters. The Morgan fingerprint density at radius 3 is 2.83 bits per heavy atom. The molecule has 0 saturated heterocycles. The summed E-state index contributed by atoms with van der Waals surface area (Å²) >= 11 is 3.32. The molecule has 0 aliphatic heterocycles. The molecule has 1 heterocycles. The van der Waals surface area contributed by atoms with Crippen LogP contribution in [0.1, 0.15) is 27.9 Å². The van der Waals surface area contributed by atoms with Gasteiger partial charge < -0.3 is 9.15 Å². The summed E-state index contributed by atoms with van der Waals surface area (Å²) in [6, 6.07) is 1.66. The van der Waals surface area contributed by atoms with Gasteiger partial charge in [0.2, 0.25) is 0 Å². The third-order valence-corrected chi connectivity index (χ3v) is 1.88. The summed E-state index contributed by atoms with van der Waals surface area (Å²) < 4.78 is 9.62. The lowest BCUT2D eigenvalue weighted by atomic mass is 10.3. The topological polar surface area (TPSA) is 39.4 Å². The monoisotopic (exact) mass is 232 g/mol. The molecular formula is C8H9BrO3. The Bertz CT molecular complexity index is 278. The summed E-state index contributed by atoms with van der Waals surface area (Å²) in [5.74, 6) is 0.341. The fourth-order valence-corrected chi connectivity index (χ4v) is 1.03. The fraction of sp³-hybridized carbons (Fsp3) is 0.375. The van der Waals surface area contributed by atoms with Gasteiger partial charge in [0.15, 0.2) is 0 Å². The van der Waals surface area contributed by atoms with Gasteiger partial charge in [0.25, 0.3) is 0 Å². The van der Waals surface area contributed by atoms with Crippen LogP contribution in [0.25, 0.3) is 0 Å². The van der Waals surface area contributed by atoms with Crippen molar-refractivity contribution in [2.24, 2.45) is 0 Å². The molecule has 0 saturated carbocycles. The lowest BCUT2D eigenvalue weighted by Crippen LogP contribution is -1.98. The molecule has 1 rings (SSSR count). The molecule has 1 unspecified atom stereocenters. The molecule has 0 radical (unpaired) electrons. The first-order valence-corrected chi connectivity index (χ1v) is 4.37. The van der Waals surface area contributed by atoms with Crippen molar-refractivity contribution in [2.75, 3.05) is 7.11 Å². The molecule has 3 nitrogen and oxygen atoms in total. The second kappa shape index (κ2) is 3.76. The minimum Gasteiger partial charge on any atom is -0.467 e. The van der Waals surface area contributed by atoms with Gasteiger partial charge in [-0.2, -0.15) is 0 Å². The second-order valence-electron chi connectivity index (χ2n) is 2.35. The molecule has 0 spiro atoms. The Labute approximate surface area is 78.8 Å². The molecule has 0 amide bonds.